The van der Waals surface area contributed by atoms with Gasteiger partial charge in [-0.25, -0.2) is 13.2 Å². The molecule has 1 aromatic heterocycles. The van der Waals surface area contributed by atoms with E-state index in [0.29, 0.717) is 35.7 Å². The molecule has 0 unspecified atom stereocenters. The molecule has 2 heterocycles. The number of esters is 1. The van der Waals surface area contributed by atoms with Crippen LogP contribution in [0.4, 0.5) is 5.00 Å². The minimum absolute atomic E-state index is 0.0961. The van der Waals surface area contributed by atoms with E-state index in [2.05, 4.69) is 5.32 Å². The zero-order valence-electron chi connectivity index (χ0n) is 18.8. The molecule has 2 aromatic rings. The van der Waals surface area contributed by atoms with Crippen molar-refractivity contribution in [3.05, 3.63) is 40.3 Å². The van der Waals surface area contributed by atoms with Crippen molar-refractivity contribution in [1.82, 2.24) is 4.31 Å². The Morgan fingerprint density at radius 1 is 1.09 bits per heavy atom. The summed E-state index contributed by atoms with van der Waals surface area (Å²) in [7, 11) is -0.870. The van der Waals surface area contributed by atoms with E-state index in [9.17, 15) is 18.0 Å². The van der Waals surface area contributed by atoms with E-state index in [1.807, 2.05) is 0 Å². The van der Waals surface area contributed by atoms with Crippen molar-refractivity contribution in [2.75, 3.05) is 32.6 Å². The average Bonchev–Trinajstić information content (AvgIpc) is 3.21. The summed E-state index contributed by atoms with van der Waals surface area (Å²) in [4.78, 5) is 26.9. The minimum Gasteiger partial charge on any atom is -0.497 e. The lowest BCUT2D eigenvalue weighted by atomic mass is 9.95. The van der Waals surface area contributed by atoms with Crippen molar-refractivity contribution < 1.29 is 27.5 Å². The molecule has 1 aliphatic carbocycles. The number of aryl methyl sites for hydroxylation is 1. The van der Waals surface area contributed by atoms with Gasteiger partial charge in [0.05, 0.1) is 30.6 Å². The molecule has 8 nitrogen and oxygen atoms in total. The van der Waals surface area contributed by atoms with Crippen molar-refractivity contribution in [3.63, 3.8) is 0 Å². The maximum Gasteiger partial charge on any atom is 0.341 e. The second-order valence-electron chi connectivity index (χ2n) is 8.27. The molecule has 1 atom stereocenters. The first-order chi connectivity index (χ1) is 15.8. The number of hydrogen-bond donors (Lipinski definition) is 1. The van der Waals surface area contributed by atoms with Gasteiger partial charge in [-0.15, -0.1) is 11.3 Å². The molecule has 2 aliphatic rings. The Labute approximate surface area is 197 Å². The zero-order valence-corrected chi connectivity index (χ0v) is 20.4. The molecule has 1 amide bonds. The van der Waals surface area contributed by atoms with Crippen LogP contribution in [0.3, 0.4) is 0 Å². The van der Waals surface area contributed by atoms with E-state index in [0.717, 1.165) is 36.1 Å². The van der Waals surface area contributed by atoms with Crippen LogP contribution in [0.25, 0.3) is 0 Å². The lowest BCUT2D eigenvalue weighted by Crippen LogP contribution is -2.43. The van der Waals surface area contributed by atoms with Crippen LogP contribution in [0, 0.1) is 5.92 Å². The highest BCUT2D eigenvalue weighted by atomic mass is 32.2. The van der Waals surface area contributed by atoms with Crippen LogP contribution in [0.15, 0.2) is 29.2 Å². The molecule has 0 radical (unpaired) electrons. The molecule has 4 rings (SSSR count). The number of thiophene rings is 1. The molecule has 33 heavy (non-hydrogen) atoms. The van der Waals surface area contributed by atoms with Gasteiger partial charge in [-0.3, -0.25) is 4.79 Å². The Morgan fingerprint density at radius 3 is 2.52 bits per heavy atom. The van der Waals surface area contributed by atoms with Gasteiger partial charge in [0.2, 0.25) is 15.9 Å². The highest BCUT2D eigenvalue weighted by Gasteiger charge is 2.35. The standard InChI is InChI=1S/C23H28N2O6S2/c1-30-16-9-11-17(12-10-16)33(28,29)25-13-5-6-15(14-25)21(26)24-22-20(23(27)31-2)18-7-3-4-8-19(18)32-22/h9-12,15H,3-8,13-14H2,1-2H3,(H,24,26)/t15-/m1/s1. The predicted octanol–water partition coefficient (Wildman–Crippen LogP) is 3.46. The number of ether oxygens (including phenoxy) is 2. The van der Waals surface area contributed by atoms with Crippen molar-refractivity contribution >= 4 is 38.2 Å². The summed E-state index contributed by atoms with van der Waals surface area (Å²) in [5.41, 5.74) is 1.42. The number of hydrogen-bond acceptors (Lipinski definition) is 7. The van der Waals surface area contributed by atoms with Crippen LogP contribution in [-0.2, 0) is 32.4 Å². The molecule has 1 N–H and O–H groups in total. The first-order valence-electron chi connectivity index (χ1n) is 11.0. The fourth-order valence-corrected chi connectivity index (χ4v) is 7.26. The highest BCUT2D eigenvalue weighted by molar-refractivity contribution is 7.89. The number of sulfonamides is 1. The smallest absolute Gasteiger partial charge is 0.341 e. The van der Waals surface area contributed by atoms with Crippen LogP contribution < -0.4 is 10.1 Å². The number of nitrogens with one attached hydrogen (secondary N) is 1. The molecule has 0 bridgehead atoms. The SMILES string of the molecule is COC(=O)c1c(NC(=O)[C@@H]2CCCN(S(=O)(=O)c3ccc(OC)cc3)C2)sc2c1CCCC2. The quantitative estimate of drug-likeness (QED) is 0.620. The van der Waals surface area contributed by atoms with Crippen LogP contribution in [-0.4, -0.2) is 51.9 Å². The molecule has 10 heteroatoms. The molecule has 178 valence electrons. The van der Waals surface area contributed by atoms with Gasteiger partial charge in [0.1, 0.15) is 10.8 Å². The van der Waals surface area contributed by atoms with E-state index < -0.39 is 21.9 Å². The summed E-state index contributed by atoms with van der Waals surface area (Å²) >= 11 is 1.43. The van der Waals surface area contributed by atoms with E-state index in [4.69, 9.17) is 9.47 Å². The van der Waals surface area contributed by atoms with Gasteiger partial charge in [-0.2, -0.15) is 4.31 Å². The van der Waals surface area contributed by atoms with Gasteiger partial charge in [-0.1, -0.05) is 0 Å². The monoisotopic (exact) mass is 492 g/mol. The van der Waals surface area contributed by atoms with Gasteiger partial charge in [0.15, 0.2) is 0 Å². The van der Waals surface area contributed by atoms with Crippen LogP contribution in [0.5, 0.6) is 5.75 Å². The van der Waals surface area contributed by atoms with Crippen molar-refractivity contribution in [2.24, 2.45) is 5.92 Å². The third-order valence-corrected chi connectivity index (χ3v) is 9.34. The van der Waals surface area contributed by atoms with Crippen LogP contribution in [0.2, 0.25) is 0 Å². The van der Waals surface area contributed by atoms with Gasteiger partial charge in [-0.05, 0) is 68.4 Å². The normalized spacial score (nSPS) is 18.9. The van der Waals surface area contributed by atoms with Crippen LogP contribution >= 0.6 is 11.3 Å². The summed E-state index contributed by atoms with van der Waals surface area (Å²) in [5, 5.41) is 3.43. The first-order valence-corrected chi connectivity index (χ1v) is 13.3. The van der Waals surface area contributed by atoms with Gasteiger partial charge >= 0.3 is 5.97 Å². The number of methoxy groups -OCH3 is 2. The number of rotatable bonds is 6. The van der Waals surface area contributed by atoms with Crippen LogP contribution in [0.1, 0.15) is 46.5 Å². The van der Waals surface area contributed by atoms with Crippen molar-refractivity contribution in [2.45, 2.75) is 43.4 Å². The number of carbonyl (C=O) groups excluding carboxylic acids is 2. The molecule has 0 saturated carbocycles. The van der Waals surface area contributed by atoms with Gasteiger partial charge < -0.3 is 14.8 Å². The zero-order chi connectivity index (χ0) is 23.6. The highest BCUT2D eigenvalue weighted by Crippen LogP contribution is 2.39. The van der Waals surface area contributed by atoms with Crippen molar-refractivity contribution in [3.8, 4) is 5.75 Å². The fourth-order valence-electron chi connectivity index (χ4n) is 4.46. The summed E-state index contributed by atoms with van der Waals surface area (Å²) in [6, 6.07) is 6.23. The number of benzene rings is 1. The molecule has 1 aliphatic heterocycles. The van der Waals surface area contributed by atoms with E-state index in [1.54, 1.807) is 12.1 Å². The molecular weight excluding hydrogens is 464 g/mol. The Bertz CT molecular complexity index is 1140. The lowest BCUT2D eigenvalue weighted by Gasteiger charge is -2.31. The third kappa shape index (κ3) is 4.78. The Kier molecular flexibility index (Phi) is 7.06. The van der Waals surface area contributed by atoms with Gasteiger partial charge in [0, 0.05) is 18.0 Å². The molecule has 1 aromatic carbocycles. The Morgan fingerprint density at radius 2 is 1.82 bits per heavy atom. The maximum absolute atomic E-state index is 13.1. The molecular formula is C23H28N2O6S2. The molecule has 0 spiro atoms. The summed E-state index contributed by atoms with van der Waals surface area (Å²) in [6.07, 6.45) is 4.91. The Balaban J connectivity index is 1.51. The van der Waals surface area contributed by atoms with Gasteiger partial charge in [0.25, 0.3) is 0 Å². The average molecular weight is 493 g/mol. The number of piperidine rings is 1. The second kappa shape index (κ2) is 9.82. The fraction of sp³-hybridized carbons (Fsp3) is 0.478. The number of carbonyl (C=O) groups is 2. The maximum atomic E-state index is 13.1. The lowest BCUT2D eigenvalue weighted by molar-refractivity contribution is -0.120. The first kappa shape index (κ1) is 23.7. The molecule has 1 saturated heterocycles. The van der Waals surface area contributed by atoms with E-state index >= 15 is 0 Å². The predicted molar refractivity (Wildman–Crippen MR) is 125 cm³/mol. The summed E-state index contributed by atoms with van der Waals surface area (Å²) < 4.78 is 37.7. The summed E-state index contributed by atoms with van der Waals surface area (Å²) in [5.74, 6) is -0.647. The van der Waals surface area contributed by atoms with E-state index in [1.165, 1.54) is 42.0 Å². The largest absolute Gasteiger partial charge is 0.497 e. The number of amides is 1. The minimum atomic E-state index is -3.73. The van der Waals surface area contributed by atoms with Crippen molar-refractivity contribution in [1.29, 1.82) is 0 Å². The molecule has 1 fully saturated rings. The topological polar surface area (TPSA) is 102 Å². The second-order valence-corrected chi connectivity index (χ2v) is 11.3. The summed E-state index contributed by atoms with van der Waals surface area (Å²) in [6.45, 7) is 0.456. The number of anilines is 1. The third-order valence-electron chi connectivity index (χ3n) is 6.25. The van der Waals surface area contributed by atoms with E-state index in [-0.39, 0.29) is 17.3 Å². The Hall–Kier alpha value is -2.43. The number of nitrogens with zero attached hydrogens (tertiary/aromatic N) is 1. The number of fused-ring (bicyclic) bond motifs is 1.